The van der Waals surface area contributed by atoms with Gasteiger partial charge in [0.1, 0.15) is 5.82 Å². The van der Waals surface area contributed by atoms with Gasteiger partial charge in [0.2, 0.25) is 0 Å². The van der Waals surface area contributed by atoms with Crippen LogP contribution >= 0.6 is 0 Å². The van der Waals surface area contributed by atoms with Crippen LogP contribution in [0.3, 0.4) is 0 Å². The lowest BCUT2D eigenvalue weighted by Crippen LogP contribution is -2.25. The van der Waals surface area contributed by atoms with Crippen molar-refractivity contribution >= 4 is 5.69 Å². The van der Waals surface area contributed by atoms with Gasteiger partial charge in [-0.2, -0.15) is 0 Å². The van der Waals surface area contributed by atoms with Gasteiger partial charge < -0.3 is 10.2 Å². The highest BCUT2D eigenvalue weighted by Gasteiger charge is 2.24. The average Bonchev–Trinajstić information content (AvgIpc) is 2.89. The first-order valence-electron chi connectivity index (χ1n) is 8.34. The highest BCUT2D eigenvalue weighted by atomic mass is 19.1. The van der Waals surface area contributed by atoms with Crippen molar-refractivity contribution < 1.29 is 4.39 Å². The molecule has 1 aromatic carbocycles. The number of nitrogens with one attached hydrogen (secondary N) is 1. The fourth-order valence-electron chi connectivity index (χ4n) is 3.20. The van der Waals surface area contributed by atoms with E-state index < -0.39 is 0 Å². The highest BCUT2D eigenvalue weighted by molar-refractivity contribution is 5.55. The molecule has 1 fully saturated rings. The normalized spacial score (nSPS) is 18.7. The Bertz CT molecular complexity index is 445. The average molecular weight is 292 g/mol. The zero-order valence-electron chi connectivity index (χ0n) is 13.7. The second-order valence-electron chi connectivity index (χ2n) is 6.65. The molecule has 1 N–H and O–H groups in total. The second-order valence-corrected chi connectivity index (χ2v) is 6.65. The zero-order valence-corrected chi connectivity index (χ0v) is 13.7. The molecule has 0 amide bonds. The van der Waals surface area contributed by atoms with Gasteiger partial charge in [-0.1, -0.05) is 33.3 Å². The van der Waals surface area contributed by atoms with Crippen molar-refractivity contribution in [3.05, 3.63) is 29.6 Å². The van der Waals surface area contributed by atoms with Crippen molar-refractivity contribution in [2.45, 2.75) is 46.6 Å². The van der Waals surface area contributed by atoms with Gasteiger partial charge in [-0.15, -0.1) is 0 Å². The van der Waals surface area contributed by atoms with E-state index in [1.165, 1.54) is 19.3 Å². The molecule has 1 saturated heterocycles. The van der Waals surface area contributed by atoms with E-state index in [4.69, 9.17) is 0 Å². The predicted molar refractivity (Wildman–Crippen MR) is 88.2 cm³/mol. The minimum atomic E-state index is -0.0808. The number of hydrogen-bond donors (Lipinski definition) is 1. The standard InChI is InChI=1S/C18H29FN2/c1-4-6-15-9-10-21(13-15)18-8-5-7-17(19)16(18)12-20-11-14(2)3/h5,7-8,14-15,20H,4,6,9-13H2,1-3H3. The van der Waals surface area contributed by atoms with Crippen LogP contribution in [-0.4, -0.2) is 19.6 Å². The molecule has 0 aromatic heterocycles. The number of nitrogens with zero attached hydrogens (tertiary/aromatic N) is 1. The second kappa shape index (κ2) is 7.79. The zero-order chi connectivity index (χ0) is 15.2. The monoisotopic (exact) mass is 292 g/mol. The molecule has 0 spiro atoms. The van der Waals surface area contributed by atoms with Gasteiger partial charge in [-0.3, -0.25) is 0 Å². The van der Waals surface area contributed by atoms with E-state index >= 15 is 0 Å². The summed E-state index contributed by atoms with van der Waals surface area (Å²) < 4.78 is 14.2. The summed E-state index contributed by atoms with van der Waals surface area (Å²) in [7, 11) is 0. The van der Waals surface area contributed by atoms with E-state index in [0.717, 1.165) is 36.8 Å². The minimum absolute atomic E-state index is 0.0808. The third-order valence-corrected chi connectivity index (χ3v) is 4.27. The van der Waals surface area contributed by atoms with Gasteiger partial charge >= 0.3 is 0 Å². The van der Waals surface area contributed by atoms with Crippen LogP contribution in [0, 0.1) is 17.7 Å². The molecule has 0 bridgehead atoms. The van der Waals surface area contributed by atoms with E-state index in [1.54, 1.807) is 6.07 Å². The van der Waals surface area contributed by atoms with Crippen LogP contribution in [0.15, 0.2) is 18.2 Å². The maximum Gasteiger partial charge on any atom is 0.129 e. The van der Waals surface area contributed by atoms with E-state index in [1.807, 2.05) is 6.07 Å². The van der Waals surface area contributed by atoms with Crippen LogP contribution < -0.4 is 10.2 Å². The summed E-state index contributed by atoms with van der Waals surface area (Å²) in [6.07, 6.45) is 3.76. The third-order valence-electron chi connectivity index (χ3n) is 4.27. The Kier molecular flexibility index (Phi) is 6.04. The maximum atomic E-state index is 14.2. The van der Waals surface area contributed by atoms with Crippen LogP contribution in [0.5, 0.6) is 0 Å². The van der Waals surface area contributed by atoms with E-state index in [-0.39, 0.29) is 5.82 Å². The summed E-state index contributed by atoms with van der Waals surface area (Å²) in [5, 5.41) is 3.38. The molecule has 2 rings (SSSR count). The summed E-state index contributed by atoms with van der Waals surface area (Å²) in [6, 6.07) is 5.49. The summed E-state index contributed by atoms with van der Waals surface area (Å²) in [5.74, 6) is 1.28. The Balaban J connectivity index is 2.07. The summed E-state index contributed by atoms with van der Waals surface area (Å²) >= 11 is 0. The third kappa shape index (κ3) is 4.44. The van der Waals surface area contributed by atoms with Crippen molar-refractivity contribution in [1.29, 1.82) is 0 Å². The fraction of sp³-hybridized carbons (Fsp3) is 0.667. The Morgan fingerprint density at radius 1 is 1.38 bits per heavy atom. The first-order valence-corrected chi connectivity index (χ1v) is 8.34. The molecule has 0 aliphatic carbocycles. The van der Waals surface area contributed by atoms with E-state index in [2.05, 4.69) is 37.1 Å². The van der Waals surface area contributed by atoms with Crippen molar-refractivity contribution in [2.24, 2.45) is 11.8 Å². The molecule has 1 aliphatic heterocycles. The molecule has 0 radical (unpaired) electrons. The van der Waals surface area contributed by atoms with Crippen LogP contribution in [-0.2, 0) is 6.54 Å². The largest absolute Gasteiger partial charge is 0.371 e. The summed E-state index contributed by atoms with van der Waals surface area (Å²) in [4.78, 5) is 2.37. The lowest BCUT2D eigenvalue weighted by atomic mass is 10.0. The molecule has 1 atom stereocenters. The molecule has 1 aromatic rings. The number of rotatable bonds is 7. The maximum absolute atomic E-state index is 14.2. The topological polar surface area (TPSA) is 15.3 Å². The number of hydrogen-bond acceptors (Lipinski definition) is 2. The van der Waals surface area contributed by atoms with Crippen molar-refractivity contribution in [2.75, 3.05) is 24.5 Å². The molecule has 118 valence electrons. The van der Waals surface area contributed by atoms with Crippen LogP contribution in [0.2, 0.25) is 0 Å². The quantitative estimate of drug-likeness (QED) is 0.810. The molecule has 2 nitrogen and oxygen atoms in total. The molecule has 1 unspecified atom stereocenters. The molecule has 0 saturated carbocycles. The molecule has 21 heavy (non-hydrogen) atoms. The van der Waals surface area contributed by atoms with Crippen molar-refractivity contribution in [3.63, 3.8) is 0 Å². The lowest BCUT2D eigenvalue weighted by molar-refractivity contribution is 0.527. The predicted octanol–water partition coefficient (Wildman–Crippen LogP) is 4.20. The first kappa shape index (κ1) is 16.3. The summed E-state index contributed by atoms with van der Waals surface area (Å²) in [5.41, 5.74) is 1.92. The van der Waals surface area contributed by atoms with Crippen LogP contribution in [0.25, 0.3) is 0 Å². The van der Waals surface area contributed by atoms with Gasteiger partial charge in [-0.25, -0.2) is 4.39 Å². The van der Waals surface area contributed by atoms with Gasteiger partial charge in [0.05, 0.1) is 0 Å². The van der Waals surface area contributed by atoms with Crippen LogP contribution in [0.1, 0.15) is 45.6 Å². The Morgan fingerprint density at radius 3 is 2.90 bits per heavy atom. The molecule has 3 heteroatoms. The van der Waals surface area contributed by atoms with Gasteiger partial charge in [0, 0.05) is 30.9 Å². The van der Waals surface area contributed by atoms with Crippen LogP contribution in [0.4, 0.5) is 10.1 Å². The lowest BCUT2D eigenvalue weighted by Gasteiger charge is -2.23. The van der Waals surface area contributed by atoms with E-state index in [0.29, 0.717) is 12.5 Å². The Hall–Kier alpha value is -1.09. The number of halogens is 1. The molecule has 1 aliphatic rings. The van der Waals surface area contributed by atoms with E-state index in [9.17, 15) is 4.39 Å². The fourth-order valence-corrected chi connectivity index (χ4v) is 3.20. The highest BCUT2D eigenvalue weighted by Crippen LogP contribution is 2.30. The summed E-state index contributed by atoms with van der Waals surface area (Å²) in [6.45, 7) is 10.3. The van der Waals surface area contributed by atoms with Gasteiger partial charge in [0.15, 0.2) is 0 Å². The Labute approximate surface area is 128 Å². The molecule has 1 heterocycles. The number of benzene rings is 1. The first-order chi connectivity index (χ1) is 10.1. The molecular formula is C18H29FN2. The van der Waals surface area contributed by atoms with Gasteiger partial charge in [0.25, 0.3) is 0 Å². The smallest absolute Gasteiger partial charge is 0.129 e. The molecular weight excluding hydrogens is 263 g/mol. The minimum Gasteiger partial charge on any atom is -0.371 e. The number of anilines is 1. The van der Waals surface area contributed by atoms with Crippen molar-refractivity contribution in [3.8, 4) is 0 Å². The SMILES string of the molecule is CCCC1CCN(c2cccc(F)c2CNCC(C)C)C1. The van der Waals surface area contributed by atoms with Gasteiger partial charge in [-0.05, 0) is 43.4 Å². The van der Waals surface area contributed by atoms with Crippen molar-refractivity contribution in [1.82, 2.24) is 5.32 Å². The Morgan fingerprint density at radius 2 is 2.19 bits per heavy atom.